The average Bonchev–Trinajstić information content (AvgIpc) is 3.27. The molecule has 0 saturated heterocycles. The molecule has 0 unspecified atom stereocenters. The van der Waals surface area contributed by atoms with Crippen molar-refractivity contribution in [1.82, 2.24) is 4.57 Å². The highest BCUT2D eigenvalue weighted by atomic mass is 16.2. The van der Waals surface area contributed by atoms with Crippen molar-refractivity contribution in [3.05, 3.63) is 82.7 Å². The molecule has 1 aromatic heterocycles. The highest BCUT2D eigenvalue weighted by Crippen LogP contribution is 2.33. The number of nitrogens with one attached hydrogen (secondary N) is 1. The Morgan fingerprint density at radius 1 is 0.879 bits per heavy atom. The number of hydrogen-bond donors (Lipinski definition) is 1. The summed E-state index contributed by atoms with van der Waals surface area (Å²) in [5.74, 6) is -0.894. The molecule has 2 aliphatic rings. The van der Waals surface area contributed by atoms with Gasteiger partial charge in [-0.1, -0.05) is 37.5 Å². The Morgan fingerprint density at radius 3 is 2.21 bits per heavy atom. The maximum atomic E-state index is 13.2. The number of aryl methyl sites for hydroxylation is 1. The summed E-state index contributed by atoms with van der Waals surface area (Å²) < 4.78 is 2.31. The van der Waals surface area contributed by atoms with Gasteiger partial charge in [0.15, 0.2) is 0 Å². The summed E-state index contributed by atoms with van der Waals surface area (Å²) in [5.41, 5.74) is 4.50. The average molecular weight is 442 g/mol. The van der Waals surface area contributed by atoms with E-state index in [0.29, 0.717) is 34.1 Å². The smallest absolute Gasteiger partial charge is 0.266 e. The zero-order valence-electron chi connectivity index (χ0n) is 18.9. The van der Waals surface area contributed by atoms with Gasteiger partial charge >= 0.3 is 0 Å². The molecule has 33 heavy (non-hydrogen) atoms. The number of amides is 3. The fourth-order valence-electron chi connectivity index (χ4n) is 5.25. The monoisotopic (exact) mass is 441 g/mol. The highest BCUT2D eigenvalue weighted by Gasteiger charge is 2.36. The maximum absolute atomic E-state index is 13.2. The van der Waals surface area contributed by atoms with Gasteiger partial charge in [0, 0.05) is 23.1 Å². The van der Waals surface area contributed by atoms with Crippen molar-refractivity contribution in [3.8, 4) is 0 Å². The first-order valence-electron chi connectivity index (χ1n) is 11.5. The number of carbonyl (C=O) groups excluding carboxylic acids is 3. The number of hydrogen-bond acceptors (Lipinski definition) is 3. The molecule has 1 N–H and O–H groups in total. The minimum atomic E-state index is -0.352. The van der Waals surface area contributed by atoms with Crippen LogP contribution in [0.15, 0.2) is 54.6 Å². The normalized spacial score (nSPS) is 16.2. The Balaban J connectivity index is 1.38. The second-order valence-electron chi connectivity index (χ2n) is 8.94. The van der Waals surface area contributed by atoms with Crippen LogP contribution >= 0.6 is 0 Å². The van der Waals surface area contributed by atoms with Gasteiger partial charge in [0.2, 0.25) is 0 Å². The Kier molecular flexibility index (Phi) is 5.36. The summed E-state index contributed by atoms with van der Waals surface area (Å²) in [6.07, 6.45) is 6.05. The van der Waals surface area contributed by atoms with E-state index in [1.807, 2.05) is 13.0 Å². The van der Waals surface area contributed by atoms with E-state index in [9.17, 15) is 14.4 Å². The van der Waals surface area contributed by atoms with Crippen LogP contribution in [0.5, 0.6) is 0 Å². The molecular formula is C27H27N3O3. The van der Waals surface area contributed by atoms with Crippen molar-refractivity contribution in [3.63, 3.8) is 0 Å². The molecular weight excluding hydrogens is 414 g/mol. The third-order valence-corrected chi connectivity index (χ3v) is 6.83. The topological polar surface area (TPSA) is 71.4 Å². The van der Waals surface area contributed by atoms with Crippen LogP contribution in [0.1, 0.15) is 80.6 Å². The molecule has 1 saturated carbocycles. The predicted octanol–water partition coefficient (Wildman–Crippen LogP) is 5.66. The van der Waals surface area contributed by atoms with Crippen molar-refractivity contribution in [2.75, 3.05) is 10.2 Å². The fraction of sp³-hybridized carbons (Fsp3) is 0.296. The molecule has 5 rings (SSSR count). The van der Waals surface area contributed by atoms with Gasteiger partial charge in [-0.25, -0.2) is 4.90 Å². The van der Waals surface area contributed by atoms with E-state index < -0.39 is 0 Å². The Morgan fingerprint density at radius 2 is 1.55 bits per heavy atom. The lowest BCUT2D eigenvalue weighted by Gasteiger charge is -2.26. The van der Waals surface area contributed by atoms with Crippen molar-refractivity contribution in [1.29, 1.82) is 0 Å². The summed E-state index contributed by atoms with van der Waals surface area (Å²) in [5, 5.41) is 2.96. The molecule has 2 heterocycles. The molecule has 6 heteroatoms. The Labute approximate surface area is 193 Å². The molecule has 0 atom stereocenters. The van der Waals surface area contributed by atoms with Gasteiger partial charge in [0.25, 0.3) is 17.7 Å². The number of fused-ring (bicyclic) bond motifs is 1. The lowest BCUT2D eigenvalue weighted by atomic mass is 9.95. The van der Waals surface area contributed by atoms with Crippen LogP contribution in [0.2, 0.25) is 0 Å². The SMILES string of the molecule is Cc1cc(C(=O)Nc2cccc(N3C(=O)c4ccccc4C3=O)c2)c(C)n1C1CCCCC1. The van der Waals surface area contributed by atoms with Gasteiger partial charge in [-0.05, 0) is 63.1 Å². The van der Waals surface area contributed by atoms with Gasteiger partial charge in [-0.15, -0.1) is 0 Å². The second-order valence-corrected chi connectivity index (χ2v) is 8.94. The minimum Gasteiger partial charge on any atom is -0.345 e. The van der Waals surface area contributed by atoms with Gasteiger partial charge < -0.3 is 9.88 Å². The molecule has 0 radical (unpaired) electrons. The molecule has 3 amide bonds. The van der Waals surface area contributed by atoms with Crippen molar-refractivity contribution >= 4 is 29.1 Å². The third-order valence-electron chi connectivity index (χ3n) is 6.83. The van der Waals surface area contributed by atoms with E-state index in [4.69, 9.17) is 0 Å². The molecule has 2 aromatic carbocycles. The van der Waals surface area contributed by atoms with Crippen LogP contribution in [0, 0.1) is 13.8 Å². The summed E-state index contributed by atoms with van der Waals surface area (Å²) in [7, 11) is 0. The number of carbonyl (C=O) groups is 3. The highest BCUT2D eigenvalue weighted by molar-refractivity contribution is 6.34. The first kappa shape index (κ1) is 21.2. The number of benzene rings is 2. The molecule has 0 bridgehead atoms. The van der Waals surface area contributed by atoms with Crippen molar-refractivity contribution in [2.24, 2.45) is 0 Å². The van der Waals surface area contributed by atoms with E-state index in [0.717, 1.165) is 29.1 Å². The lowest BCUT2D eigenvalue weighted by molar-refractivity contribution is 0.0925. The quantitative estimate of drug-likeness (QED) is 0.531. The maximum Gasteiger partial charge on any atom is 0.266 e. The summed E-state index contributed by atoms with van der Waals surface area (Å²) in [4.78, 5) is 39.9. The number of aromatic nitrogens is 1. The number of nitrogens with zero attached hydrogens (tertiary/aromatic N) is 2. The molecule has 1 aliphatic carbocycles. The standard InChI is InChI=1S/C27H27N3O3/c1-17-15-24(18(2)29(17)20-10-4-3-5-11-20)25(31)28-19-9-8-12-21(16-19)30-26(32)22-13-6-7-14-23(22)27(30)33/h6-9,12-16,20H,3-5,10-11H2,1-2H3,(H,28,31). The molecule has 0 spiro atoms. The van der Waals surface area contributed by atoms with Crippen LogP contribution in [0.3, 0.4) is 0 Å². The summed E-state index contributed by atoms with van der Waals surface area (Å²) in [6, 6.07) is 16.1. The fourth-order valence-corrected chi connectivity index (χ4v) is 5.25. The molecule has 3 aromatic rings. The van der Waals surface area contributed by atoms with Gasteiger partial charge in [-0.2, -0.15) is 0 Å². The number of anilines is 2. The van der Waals surface area contributed by atoms with E-state index in [1.165, 1.54) is 19.3 Å². The van der Waals surface area contributed by atoms with Crippen molar-refractivity contribution in [2.45, 2.75) is 52.0 Å². The van der Waals surface area contributed by atoms with Crippen LogP contribution in [-0.2, 0) is 0 Å². The second kappa shape index (κ2) is 8.35. The van der Waals surface area contributed by atoms with Crippen LogP contribution < -0.4 is 10.2 Å². The predicted molar refractivity (Wildman–Crippen MR) is 128 cm³/mol. The summed E-state index contributed by atoms with van der Waals surface area (Å²) in [6.45, 7) is 4.06. The number of rotatable bonds is 4. The molecule has 1 fully saturated rings. The first-order valence-corrected chi connectivity index (χ1v) is 11.5. The van der Waals surface area contributed by atoms with Gasteiger partial charge in [0.1, 0.15) is 0 Å². The zero-order chi connectivity index (χ0) is 23.1. The Hall–Kier alpha value is -3.67. The van der Waals surface area contributed by atoms with Gasteiger partial charge in [0.05, 0.1) is 22.4 Å². The van der Waals surface area contributed by atoms with E-state index in [-0.39, 0.29) is 17.7 Å². The lowest BCUT2D eigenvalue weighted by Crippen LogP contribution is -2.29. The molecule has 1 aliphatic heterocycles. The zero-order valence-corrected chi connectivity index (χ0v) is 18.9. The largest absolute Gasteiger partial charge is 0.345 e. The van der Waals surface area contributed by atoms with E-state index in [2.05, 4.69) is 16.8 Å². The van der Waals surface area contributed by atoms with Crippen molar-refractivity contribution < 1.29 is 14.4 Å². The molecule has 168 valence electrons. The summed E-state index contributed by atoms with van der Waals surface area (Å²) >= 11 is 0. The number of imide groups is 1. The first-order chi connectivity index (χ1) is 16.0. The van der Waals surface area contributed by atoms with Crippen LogP contribution in [0.4, 0.5) is 11.4 Å². The van der Waals surface area contributed by atoms with E-state index >= 15 is 0 Å². The van der Waals surface area contributed by atoms with E-state index in [1.54, 1.807) is 48.5 Å². The third kappa shape index (κ3) is 3.65. The van der Waals surface area contributed by atoms with Crippen LogP contribution in [0.25, 0.3) is 0 Å². The Bertz CT molecular complexity index is 1230. The van der Waals surface area contributed by atoms with Crippen LogP contribution in [-0.4, -0.2) is 22.3 Å². The van der Waals surface area contributed by atoms with Gasteiger partial charge in [-0.3, -0.25) is 14.4 Å². The molecule has 6 nitrogen and oxygen atoms in total. The minimum absolute atomic E-state index is 0.190.